The molecule has 0 bridgehead atoms. The maximum absolute atomic E-state index is 8.79. The van der Waals surface area contributed by atoms with E-state index in [2.05, 4.69) is 32.2 Å². The van der Waals surface area contributed by atoms with Gasteiger partial charge in [0.2, 0.25) is 0 Å². The fraction of sp³-hybridized carbons (Fsp3) is 0.167. The molecule has 0 fully saturated rings. The van der Waals surface area contributed by atoms with Gasteiger partial charge in [0, 0.05) is 22.2 Å². The van der Waals surface area contributed by atoms with Crippen molar-refractivity contribution in [2.24, 2.45) is 0 Å². The number of benzene rings is 2. The van der Waals surface area contributed by atoms with E-state index in [-0.39, 0.29) is 0 Å². The summed E-state index contributed by atoms with van der Waals surface area (Å²) in [5, 5.41) is 18.7. The Morgan fingerprint density at radius 2 is 2.00 bits per heavy atom. The molecule has 1 heterocycles. The first-order valence-corrected chi connectivity index (χ1v) is 9.84. The predicted octanol–water partition coefficient (Wildman–Crippen LogP) is 5.36. The summed E-state index contributed by atoms with van der Waals surface area (Å²) in [5.74, 6) is 1.95. The van der Waals surface area contributed by atoms with E-state index in [0.717, 1.165) is 15.7 Å². The van der Waals surface area contributed by atoms with Crippen molar-refractivity contribution in [1.29, 1.82) is 5.26 Å². The van der Waals surface area contributed by atoms with Crippen LogP contribution in [-0.4, -0.2) is 27.6 Å². The molecule has 0 N–H and O–H groups in total. The third-order valence-corrected chi connectivity index (χ3v) is 5.33. The molecule has 0 aliphatic heterocycles. The number of nitriles is 1. The van der Waals surface area contributed by atoms with Crippen molar-refractivity contribution in [1.82, 2.24) is 14.8 Å². The molecule has 0 amide bonds. The quantitative estimate of drug-likeness (QED) is 0.374. The maximum Gasteiger partial charge on any atom is 0.196 e. The number of halogens is 2. The summed E-state index contributed by atoms with van der Waals surface area (Å²) in [6, 6.07) is 15.5. The number of methoxy groups -OCH3 is 1. The zero-order valence-corrected chi connectivity index (χ0v) is 17.0. The average molecular weight is 450 g/mol. The van der Waals surface area contributed by atoms with Crippen LogP contribution in [0.25, 0.3) is 17.1 Å². The van der Waals surface area contributed by atoms with Gasteiger partial charge in [0.15, 0.2) is 11.0 Å². The van der Waals surface area contributed by atoms with Crippen LogP contribution in [0.15, 0.2) is 52.1 Å². The van der Waals surface area contributed by atoms with Crippen molar-refractivity contribution < 1.29 is 4.74 Å². The van der Waals surface area contributed by atoms with Gasteiger partial charge in [0.25, 0.3) is 0 Å². The first-order valence-electron chi connectivity index (χ1n) is 7.69. The molecule has 0 atom stereocenters. The van der Waals surface area contributed by atoms with Gasteiger partial charge >= 0.3 is 0 Å². The standard InChI is InChI=1S/C18H14BrClN4OS/c1-25-16-8-7-14(11-15(16)20)24-17(12-3-5-13(19)6-4-12)22-23-18(24)26-10-2-9-21/h3-8,11H,2,10H2,1H3. The van der Waals surface area contributed by atoms with Gasteiger partial charge < -0.3 is 4.74 Å². The van der Waals surface area contributed by atoms with Gasteiger partial charge in [-0.2, -0.15) is 5.26 Å². The lowest BCUT2D eigenvalue weighted by atomic mass is 10.2. The molecule has 26 heavy (non-hydrogen) atoms. The highest BCUT2D eigenvalue weighted by Crippen LogP contribution is 2.32. The number of thioether (sulfide) groups is 1. The molecule has 0 radical (unpaired) electrons. The van der Waals surface area contributed by atoms with Gasteiger partial charge in [-0.1, -0.05) is 51.4 Å². The molecule has 0 aliphatic rings. The molecule has 0 aliphatic carbocycles. The summed E-state index contributed by atoms with van der Waals surface area (Å²) >= 11 is 11.2. The molecule has 0 spiro atoms. The molecular formula is C18H14BrClN4OS. The van der Waals surface area contributed by atoms with E-state index in [9.17, 15) is 0 Å². The van der Waals surface area contributed by atoms with Gasteiger partial charge in [-0.15, -0.1) is 10.2 Å². The smallest absolute Gasteiger partial charge is 0.196 e. The van der Waals surface area contributed by atoms with Crippen molar-refractivity contribution >= 4 is 39.3 Å². The van der Waals surface area contributed by atoms with Crippen LogP contribution >= 0.6 is 39.3 Å². The zero-order chi connectivity index (χ0) is 18.5. The fourth-order valence-corrected chi connectivity index (χ4v) is 3.68. The summed E-state index contributed by atoms with van der Waals surface area (Å²) in [6.45, 7) is 0. The summed E-state index contributed by atoms with van der Waals surface area (Å²) in [6.07, 6.45) is 0.439. The SMILES string of the molecule is COc1ccc(-n2c(SCCC#N)nnc2-c2ccc(Br)cc2)cc1Cl. The number of rotatable bonds is 6. The van der Waals surface area contributed by atoms with Gasteiger partial charge in [0.05, 0.1) is 23.9 Å². The molecule has 0 saturated carbocycles. The molecular weight excluding hydrogens is 436 g/mol. The van der Waals surface area contributed by atoms with E-state index < -0.39 is 0 Å². The number of hydrogen-bond donors (Lipinski definition) is 0. The summed E-state index contributed by atoms with van der Waals surface area (Å²) < 4.78 is 8.17. The lowest BCUT2D eigenvalue weighted by Crippen LogP contribution is -2.00. The van der Waals surface area contributed by atoms with Gasteiger partial charge in [0.1, 0.15) is 5.75 Å². The Morgan fingerprint density at radius 3 is 2.65 bits per heavy atom. The Kier molecular flexibility index (Phi) is 6.20. The van der Waals surface area contributed by atoms with Crippen LogP contribution in [0.4, 0.5) is 0 Å². The molecule has 1 aromatic heterocycles. The molecule has 2 aromatic carbocycles. The lowest BCUT2D eigenvalue weighted by Gasteiger charge is -2.12. The molecule has 0 unspecified atom stereocenters. The number of nitrogens with zero attached hydrogens (tertiary/aromatic N) is 4. The Hall–Kier alpha value is -2.01. The van der Waals surface area contributed by atoms with E-state index in [1.165, 1.54) is 11.8 Å². The van der Waals surface area contributed by atoms with Crippen LogP contribution in [0.5, 0.6) is 5.75 Å². The average Bonchev–Trinajstić information content (AvgIpc) is 3.06. The zero-order valence-electron chi connectivity index (χ0n) is 13.8. The number of aromatic nitrogens is 3. The third kappa shape index (κ3) is 4.04. The predicted molar refractivity (Wildman–Crippen MR) is 107 cm³/mol. The van der Waals surface area contributed by atoms with Gasteiger partial charge in [-0.3, -0.25) is 4.57 Å². The molecule has 132 valence electrons. The van der Waals surface area contributed by atoms with E-state index >= 15 is 0 Å². The van der Waals surface area contributed by atoms with Gasteiger partial charge in [-0.05, 0) is 30.3 Å². The first kappa shape index (κ1) is 18.8. The van der Waals surface area contributed by atoms with Crippen molar-refractivity contribution in [2.45, 2.75) is 11.6 Å². The highest BCUT2D eigenvalue weighted by atomic mass is 79.9. The summed E-state index contributed by atoms with van der Waals surface area (Å²) in [5.41, 5.74) is 1.76. The van der Waals surface area contributed by atoms with E-state index in [4.69, 9.17) is 21.6 Å². The van der Waals surface area contributed by atoms with Crippen LogP contribution < -0.4 is 4.74 Å². The van der Waals surface area contributed by atoms with Crippen molar-refractivity contribution in [2.75, 3.05) is 12.9 Å². The second-order valence-electron chi connectivity index (χ2n) is 5.22. The van der Waals surface area contributed by atoms with Crippen LogP contribution in [-0.2, 0) is 0 Å². The monoisotopic (exact) mass is 448 g/mol. The molecule has 3 rings (SSSR count). The highest BCUT2D eigenvalue weighted by Gasteiger charge is 2.17. The van der Waals surface area contributed by atoms with E-state index in [1.807, 2.05) is 47.0 Å². The topological polar surface area (TPSA) is 63.7 Å². The summed E-state index contributed by atoms with van der Waals surface area (Å²) in [7, 11) is 1.58. The second-order valence-corrected chi connectivity index (χ2v) is 7.61. The third-order valence-electron chi connectivity index (χ3n) is 3.57. The van der Waals surface area contributed by atoms with Crippen molar-refractivity contribution in [3.63, 3.8) is 0 Å². The van der Waals surface area contributed by atoms with E-state index in [1.54, 1.807) is 7.11 Å². The Labute approximate surface area is 169 Å². The molecule has 0 saturated heterocycles. The normalized spacial score (nSPS) is 10.5. The number of hydrogen-bond acceptors (Lipinski definition) is 5. The Morgan fingerprint density at radius 1 is 1.23 bits per heavy atom. The fourth-order valence-electron chi connectivity index (χ4n) is 2.36. The van der Waals surface area contributed by atoms with Crippen LogP contribution in [0.3, 0.4) is 0 Å². The van der Waals surface area contributed by atoms with Crippen molar-refractivity contribution in [3.05, 3.63) is 52.0 Å². The largest absolute Gasteiger partial charge is 0.495 e. The van der Waals surface area contributed by atoms with E-state index in [0.29, 0.717) is 33.9 Å². The highest BCUT2D eigenvalue weighted by molar-refractivity contribution is 9.10. The van der Waals surface area contributed by atoms with Crippen LogP contribution in [0.1, 0.15) is 6.42 Å². The van der Waals surface area contributed by atoms with Crippen LogP contribution in [0, 0.1) is 11.3 Å². The second kappa shape index (κ2) is 8.58. The minimum absolute atomic E-state index is 0.439. The van der Waals surface area contributed by atoms with Crippen LogP contribution in [0.2, 0.25) is 5.02 Å². The minimum atomic E-state index is 0.439. The maximum atomic E-state index is 8.79. The molecule has 5 nitrogen and oxygen atoms in total. The Balaban J connectivity index is 2.10. The molecule has 8 heteroatoms. The Bertz CT molecular complexity index is 953. The summed E-state index contributed by atoms with van der Waals surface area (Å²) in [4.78, 5) is 0. The van der Waals surface area contributed by atoms with Gasteiger partial charge in [-0.25, -0.2) is 0 Å². The first-order chi connectivity index (χ1) is 12.6. The van der Waals surface area contributed by atoms with Crippen molar-refractivity contribution in [3.8, 4) is 28.9 Å². The lowest BCUT2D eigenvalue weighted by molar-refractivity contribution is 0.415. The molecule has 3 aromatic rings. The minimum Gasteiger partial charge on any atom is -0.495 e. The number of ether oxygens (including phenoxy) is 1.